The Morgan fingerprint density at radius 3 is 2.94 bits per heavy atom. The molecule has 0 aliphatic rings. The molecule has 0 fully saturated rings. The summed E-state index contributed by atoms with van der Waals surface area (Å²) in [4.78, 5) is 0. The molecule has 0 spiro atoms. The molecule has 0 amide bonds. The molecule has 1 N–H and O–H groups in total. The zero-order valence-electron chi connectivity index (χ0n) is 8.23. The zero-order valence-corrected chi connectivity index (χ0v) is 9.05. The minimum atomic E-state index is -2.43. The van der Waals surface area contributed by atoms with Crippen LogP contribution in [0.25, 0.3) is 0 Å². The van der Waals surface area contributed by atoms with Gasteiger partial charge in [-0.2, -0.15) is 0 Å². The number of alkyl halides is 2. The van der Waals surface area contributed by atoms with E-state index in [1.54, 1.807) is 18.3 Å². The first-order valence-electron chi connectivity index (χ1n) is 4.64. The molecule has 3 nitrogen and oxygen atoms in total. The lowest BCUT2D eigenvalue weighted by atomic mass is 10.1. The van der Waals surface area contributed by atoms with Gasteiger partial charge in [-0.15, -0.1) is 5.10 Å². The van der Waals surface area contributed by atoms with E-state index in [4.69, 9.17) is 0 Å². The Balaban J connectivity index is 2.01. The fourth-order valence-corrected chi connectivity index (χ4v) is 1.69. The van der Waals surface area contributed by atoms with E-state index >= 15 is 0 Å². The second-order valence-corrected chi connectivity index (χ2v) is 3.97. The van der Waals surface area contributed by atoms with Gasteiger partial charge in [-0.25, -0.2) is 8.78 Å². The summed E-state index contributed by atoms with van der Waals surface area (Å²) in [5, 5.41) is 7.54. The number of nitrogens with zero attached hydrogens (tertiary/aromatic N) is 2. The summed E-state index contributed by atoms with van der Waals surface area (Å²) in [7, 11) is 0. The number of benzene rings is 1. The lowest BCUT2D eigenvalue weighted by Crippen LogP contribution is -1.98. The van der Waals surface area contributed by atoms with Crippen molar-refractivity contribution in [2.45, 2.75) is 13.0 Å². The van der Waals surface area contributed by atoms with Crippen LogP contribution in [0, 0.1) is 0 Å². The molecule has 1 aromatic heterocycles. The number of halogens is 2. The van der Waals surface area contributed by atoms with Gasteiger partial charge < -0.3 is 5.32 Å². The van der Waals surface area contributed by atoms with E-state index in [2.05, 4.69) is 14.9 Å². The van der Waals surface area contributed by atoms with Crippen LogP contribution in [0.5, 0.6) is 0 Å². The molecule has 0 saturated carbocycles. The molecule has 1 heterocycles. The van der Waals surface area contributed by atoms with Crippen LogP contribution >= 0.6 is 11.5 Å². The Morgan fingerprint density at radius 1 is 1.38 bits per heavy atom. The minimum Gasteiger partial charge on any atom is -0.370 e. The van der Waals surface area contributed by atoms with Gasteiger partial charge in [-0.1, -0.05) is 22.7 Å². The maximum absolute atomic E-state index is 12.4. The van der Waals surface area contributed by atoms with Crippen LogP contribution in [0.15, 0.2) is 30.5 Å². The van der Waals surface area contributed by atoms with Gasteiger partial charge in [0.1, 0.15) is 5.00 Å². The van der Waals surface area contributed by atoms with Crippen LogP contribution in [0.3, 0.4) is 0 Å². The van der Waals surface area contributed by atoms with Crippen molar-refractivity contribution in [3.63, 3.8) is 0 Å². The Hall–Kier alpha value is -1.56. The van der Waals surface area contributed by atoms with Gasteiger partial charge in [0.25, 0.3) is 6.43 Å². The van der Waals surface area contributed by atoms with Crippen molar-refractivity contribution in [3.8, 4) is 0 Å². The molecule has 0 saturated heterocycles. The largest absolute Gasteiger partial charge is 0.370 e. The molecular weight excluding hydrogens is 232 g/mol. The number of hydrogen-bond acceptors (Lipinski definition) is 4. The molecule has 0 aliphatic heterocycles. The smallest absolute Gasteiger partial charge is 0.263 e. The predicted octanol–water partition coefficient (Wildman–Crippen LogP) is 3.09. The SMILES string of the molecule is FC(F)c1cccc(CNc2cnns2)c1. The molecule has 0 atom stereocenters. The van der Waals surface area contributed by atoms with Crippen molar-refractivity contribution in [3.05, 3.63) is 41.6 Å². The van der Waals surface area contributed by atoms with Crippen molar-refractivity contribution in [1.82, 2.24) is 9.59 Å². The predicted molar refractivity (Wildman–Crippen MR) is 58.6 cm³/mol. The van der Waals surface area contributed by atoms with Gasteiger partial charge >= 0.3 is 0 Å². The lowest BCUT2D eigenvalue weighted by molar-refractivity contribution is 0.151. The van der Waals surface area contributed by atoms with E-state index in [9.17, 15) is 8.78 Å². The van der Waals surface area contributed by atoms with Gasteiger partial charge in [0.15, 0.2) is 0 Å². The third kappa shape index (κ3) is 2.73. The van der Waals surface area contributed by atoms with Crippen molar-refractivity contribution in [2.24, 2.45) is 0 Å². The van der Waals surface area contributed by atoms with Crippen LogP contribution in [-0.4, -0.2) is 9.59 Å². The molecule has 16 heavy (non-hydrogen) atoms. The van der Waals surface area contributed by atoms with Crippen molar-refractivity contribution in [2.75, 3.05) is 5.32 Å². The van der Waals surface area contributed by atoms with Gasteiger partial charge in [0, 0.05) is 23.6 Å². The molecular formula is C10H9F2N3S. The number of rotatable bonds is 4. The van der Waals surface area contributed by atoms with Crippen LogP contribution in [0.1, 0.15) is 17.6 Å². The van der Waals surface area contributed by atoms with E-state index in [1.165, 1.54) is 23.7 Å². The van der Waals surface area contributed by atoms with Crippen molar-refractivity contribution < 1.29 is 8.78 Å². The Labute approximate surface area is 95.3 Å². The van der Waals surface area contributed by atoms with Crippen LogP contribution < -0.4 is 5.32 Å². The second-order valence-electron chi connectivity index (χ2n) is 3.18. The molecule has 2 rings (SSSR count). The maximum atomic E-state index is 12.4. The minimum absolute atomic E-state index is 0.0433. The van der Waals surface area contributed by atoms with E-state index in [-0.39, 0.29) is 5.56 Å². The third-order valence-corrected chi connectivity index (χ3v) is 2.65. The highest BCUT2D eigenvalue weighted by Gasteiger charge is 2.06. The number of aromatic nitrogens is 2. The Bertz CT molecular complexity index is 445. The van der Waals surface area contributed by atoms with Crippen LogP contribution in [0.2, 0.25) is 0 Å². The lowest BCUT2D eigenvalue weighted by Gasteiger charge is -2.05. The summed E-state index contributed by atoms with van der Waals surface area (Å²) in [6.45, 7) is 0.491. The fourth-order valence-electron chi connectivity index (χ4n) is 1.27. The second kappa shape index (κ2) is 4.98. The molecule has 1 aromatic carbocycles. The van der Waals surface area contributed by atoms with Crippen molar-refractivity contribution in [1.29, 1.82) is 0 Å². The Morgan fingerprint density at radius 2 is 2.25 bits per heavy atom. The number of anilines is 1. The van der Waals surface area contributed by atoms with Crippen LogP contribution in [0.4, 0.5) is 13.8 Å². The summed E-state index contributed by atoms with van der Waals surface area (Å²) < 4.78 is 28.5. The summed E-state index contributed by atoms with van der Waals surface area (Å²) in [5.41, 5.74) is 0.855. The molecule has 0 radical (unpaired) electrons. The first-order valence-corrected chi connectivity index (χ1v) is 5.41. The van der Waals surface area contributed by atoms with E-state index in [1.807, 2.05) is 0 Å². The highest BCUT2D eigenvalue weighted by molar-refractivity contribution is 7.09. The monoisotopic (exact) mass is 241 g/mol. The summed E-state index contributed by atoms with van der Waals surface area (Å²) in [5.74, 6) is 0. The first kappa shape index (κ1) is 10.9. The number of nitrogens with one attached hydrogen (secondary N) is 1. The molecule has 0 unspecified atom stereocenters. The average molecular weight is 241 g/mol. The fraction of sp³-hybridized carbons (Fsp3) is 0.200. The zero-order chi connectivity index (χ0) is 11.4. The Kier molecular flexibility index (Phi) is 3.40. The summed E-state index contributed by atoms with van der Waals surface area (Å²) in [6.07, 6.45) is -0.827. The van der Waals surface area contributed by atoms with Gasteiger partial charge in [-0.05, 0) is 11.6 Å². The third-order valence-electron chi connectivity index (χ3n) is 2.03. The summed E-state index contributed by atoms with van der Waals surface area (Å²) in [6, 6.07) is 6.34. The quantitative estimate of drug-likeness (QED) is 0.893. The number of hydrogen-bond donors (Lipinski definition) is 1. The van der Waals surface area contributed by atoms with Gasteiger partial charge in [-0.3, -0.25) is 0 Å². The van der Waals surface area contributed by atoms with Gasteiger partial charge in [0.2, 0.25) is 0 Å². The topological polar surface area (TPSA) is 37.8 Å². The molecule has 6 heteroatoms. The van der Waals surface area contributed by atoms with E-state index < -0.39 is 6.43 Å². The first-order chi connectivity index (χ1) is 7.75. The maximum Gasteiger partial charge on any atom is 0.263 e. The highest BCUT2D eigenvalue weighted by atomic mass is 32.1. The molecule has 2 aromatic rings. The van der Waals surface area contributed by atoms with E-state index in [0.29, 0.717) is 6.54 Å². The molecule has 0 bridgehead atoms. The van der Waals surface area contributed by atoms with Crippen LogP contribution in [-0.2, 0) is 6.54 Å². The van der Waals surface area contributed by atoms with Gasteiger partial charge in [0.05, 0.1) is 6.20 Å². The molecule has 84 valence electrons. The standard InChI is InChI=1S/C10H9F2N3S/c11-10(12)8-3-1-2-7(4-8)5-13-9-6-14-15-16-9/h1-4,6,10,13H,5H2. The highest BCUT2D eigenvalue weighted by Crippen LogP contribution is 2.20. The summed E-state index contributed by atoms with van der Waals surface area (Å²) >= 11 is 1.23. The average Bonchev–Trinajstić information content (AvgIpc) is 2.79. The van der Waals surface area contributed by atoms with E-state index in [0.717, 1.165) is 10.6 Å². The molecule has 0 aliphatic carbocycles. The normalized spacial score (nSPS) is 10.7. The van der Waals surface area contributed by atoms with Crippen molar-refractivity contribution >= 4 is 16.5 Å².